The summed E-state index contributed by atoms with van der Waals surface area (Å²) in [5, 5.41) is 20.1. The lowest BCUT2D eigenvalue weighted by molar-refractivity contribution is 0.0252. The first kappa shape index (κ1) is 23.2. The third-order valence-electron chi connectivity index (χ3n) is 6.87. The quantitative estimate of drug-likeness (QED) is 0.447. The maximum Gasteiger partial charge on any atom is 0.254 e. The fourth-order valence-electron chi connectivity index (χ4n) is 4.24. The molecule has 176 valence electrons. The van der Waals surface area contributed by atoms with E-state index in [4.69, 9.17) is 0 Å². The van der Waals surface area contributed by atoms with Gasteiger partial charge in [-0.3, -0.25) is 9.79 Å². The Hall–Kier alpha value is -2.93. The van der Waals surface area contributed by atoms with Crippen LogP contribution in [-0.2, 0) is 0 Å². The number of carbonyl (C=O) groups excluding carboxylic acids is 1. The SMILES string of the molecule is CC1C=Nc2ccc(Nc3cc(NC4CCCC4)c(C(=O)NC[C@@H](C)C(C)(C)O)cn3)cc21. The second-order valence-electron chi connectivity index (χ2n) is 9.97. The topological polar surface area (TPSA) is 98.6 Å². The van der Waals surface area contributed by atoms with Crippen LogP contribution in [0.1, 0.15) is 75.2 Å². The molecule has 1 amide bonds. The van der Waals surface area contributed by atoms with E-state index in [0.717, 1.165) is 29.9 Å². The van der Waals surface area contributed by atoms with Crippen molar-refractivity contribution < 1.29 is 9.90 Å². The van der Waals surface area contributed by atoms with E-state index in [2.05, 4.69) is 38.9 Å². The number of hydrogen-bond acceptors (Lipinski definition) is 6. The van der Waals surface area contributed by atoms with Gasteiger partial charge >= 0.3 is 0 Å². The molecular weight excluding hydrogens is 414 g/mol. The Kier molecular flexibility index (Phi) is 6.70. The normalized spacial score (nSPS) is 18.8. The number of fused-ring (bicyclic) bond motifs is 1. The van der Waals surface area contributed by atoms with Crippen molar-refractivity contribution in [3.05, 3.63) is 41.6 Å². The van der Waals surface area contributed by atoms with Crippen LogP contribution < -0.4 is 16.0 Å². The fraction of sp³-hybridized carbons (Fsp3) is 0.500. The largest absolute Gasteiger partial charge is 0.390 e. The van der Waals surface area contributed by atoms with E-state index in [1.165, 1.54) is 18.4 Å². The van der Waals surface area contributed by atoms with Crippen molar-refractivity contribution in [3.63, 3.8) is 0 Å². The van der Waals surface area contributed by atoms with Gasteiger partial charge in [-0.15, -0.1) is 0 Å². The molecule has 4 N–H and O–H groups in total. The number of benzene rings is 1. The number of nitrogens with zero attached hydrogens (tertiary/aromatic N) is 2. The van der Waals surface area contributed by atoms with Crippen LogP contribution in [0.2, 0.25) is 0 Å². The maximum absolute atomic E-state index is 13.0. The first-order chi connectivity index (χ1) is 15.7. The molecule has 0 spiro atoms. The molecule has 1 aromatic heterocycles. The lowest BCUT2D eigenvalue weighted by atomic mass is 9.93. The minimum Gasteiger partial charge on any atom is -0.390 e. The van der Waals surface area contributed by atoms with Crippen LogP contribution in [0.3, 0.4) is 0 Å². The summed E-state index contributed by atoms with van der Waals surface area (Å²) in [5.74, 6) is 0.719. The fourth-order valence-corrected chi connectivity index (χ4v) is 4.24. The van der Waals surface area contributed by atoms with Gasteiger partial charge in [-0.1, -0.05) is 26.7 Å². The van der Waals surface area contributed by atoms with Crippen LogP contribution in [0.15, 0.2) is 35.5 Å². The molecule has 1 unspecified atom stereocenters. The van der Waals surface area contributed by atoms with Crippen LogP contribution >= 0.6 is 0 Å². The van der Waals surface area contributed by atoms with Gasteiger partial charge < -0.3 is 21.1 Å². The third-order valence-corrected chi connectivity index (χ3v) is 6.87. The van der Waals surface area contributed by atoms with Crippen molar-refractivity contribution in [2.45, 2.75) is 70.9 Å². The Morgan fingerprint density at radius 3 is 2.73 bits per heavy atom. The number of rotatable bonds is 8. The molecule has 1 fully saturated rings. The maximum atomic E-state index is 13.0. The van der Waals surface area contributed by atoms with E-state index in [1.54, 1.807) is 20.0 Å². The smallest absolute Gasteiger partial charge is 0.254 e. The molecule has 7 nitrogen and oxygen atoms in total. The molecule has 2 heterocycles. The van der Waals surface area contributed by atoms with Crippen LogP contribution in [-0.4, -0.2) is 40.4 Å². The summed E-state index contributed by atoms with van der Waals surface area (Å²) < 4.78 is 0. The lowest BCUT2D eigenvalue weighted by Gasteiger charge is -2.26. The number of amides is 1. The molecule has 2 aliphatic rings. The van der Waals surface area contributed by atoms with E-state index in [1.807, 2.05) is 31.3 Å². The Labute approximate surface area is 196 Å². The average Bonchev–Trinajstić information content (AvgIpc) is 3.41. The van der Waals surface area contributed by atoms with E-state index < -0.39 is 5.60 Å². The molecule has 1 aliphatic heterocycles. The lowest BCUT2D eigenvalue weighted by Crippen LogP contribution is -2.39. The van der Waals surface area contributed by atoms with E-state index in [-0.39, 0.29) is 11.8 Å². The summed E-state index contributed by atoms with van der Waals surface area (Å²) in [6, 6.07) is 8.40. The van der Waals surface area contributed by atoms with Crippen molar-refractivity contribution in [2.24, 2.45) is 10.9 Å². The molecule has 33 heavy (non-hydrogen) atoms. The van der Waals surface area contributed by atoms with Gasteiger partial charge in [-0.05, 0) is 50.5 Å². The molecule has 7 heteroatoms. The highest BCUT2D eigenvalue weighted by Gasteiger charge is 2.24. The molecule has 4 rings (SSSR count). The highest BCUT2D eigenvalue weighted by Crippen LogP contribution is 2.35. The summed E-state index contributed by atoms with van der Waals surface area (Å²) in [6.45, 7) is 7.95. The highest BCUT2D eigenvalue weighted by molar-refractivity contribution is 6.00. The number of pyridine rings is 1. The van der Waals surface area contributed by atoms with E-state index in [9.17, 15) is 9.90 Å². The first-order valence-corrected chi connectivity index (χ1v) is 11.9. The Morgan fingerprint density at radius 2 is 2.00 bits per heavy atom. The standard InChI is InChI=1S/C26H35N5O2/c1-16-13-27-22-10-9-19(11-20(16)22)31-24-12-23(30-18-7-5-6-8-18)21(15-28-24)25(32)29-14-17(2)26(3,4)33/h9-13,15-18,33H,5-8,14H2,1-4H3,(H,29,32)(H2,28,30,31)/t16?,17-/m1/s1. The zero-order valence-electron chi connectivity index (χ0n) is 20.0. The van der Waals surface area contributed by atoms with Gasteiger partial charge in [-0.25, -0.2) is 4.98 Å². The zero-order chi connectivity index (χ0) is 23.6. The van der Waals surface area contributed by atoms with Gasteiger partial charge in [0, 0.05) is 48.6 Å². The van der Waals surface area contributed by atoms with Gasteiger partial charge in [0.25, 0.3) is 5.91 Å². The number of aliphatic imine (C=N–C) groups is 1. The van der Waals surface area contributed by atoms with Crippen molar-refractivity contribution in [1.82, 2.24) is 10.3 Å². The van der Waals surface area contributed by atoms with Gasteiger partial charge in [-0.2, -0.15) is 0 Å². The van der Waals surface area contributed by atoms with Gasteiger partial charge in [0.1, 0.15) is 5.82 Å². The summed E-state index contributed by atoms with van der Waals surface area (Å²) in [4.78, 5) is 22.0. The molecule has 0 saturated heterocycles. The number of aromatic nitrogens is 1. The molecule has 2 atom stereocenters. The van der Waals surface area contributed by atoms with Crippen molar-refractivity contribution >= 4 is 35.0 Å². The number of nitrogens with one attached hydrogen (secondary N) is 3. The van der Waals surface area contributed by atoms with Crippen molar-refractivity contribution in [3.8, 4) is 0 Å². The Bertz CT molecular complexity index is 1040. The van der Waals surface area contributed by atoms with Crippen molar-refractivity contribution in [1.29, 1.82) is 0 Å². The Morgan fingerprint density at radius 1 is 1.24 bits per heavy atom. The molecular formula is C26H35N5O2. The van der Waals surface area contributed by atoms with Crippen LogP contribution in [0.25, 0.3) is 0 Å². The predicted molar refractivity (Wildman–Crippen MR) is 134 cm³/mol. The zero-order valence-corrected chi connectivity index (χ0v) is 20.0. The van der Waals surface area contributed by atoms with E-state index in [0.29, 0.717) is 29.9 Å². The Balaban J connectivity index is 1.53. The number of aliphatic hydroxyl groups is 1. The molecule has 0 radical (unpaired) electrons. The molecule has 1 aliphatic carbocycles. The minimum atomic E-state index is -0.858. The number of hydrogen-bond donors (Lipinski definition) is 4. The second-order valence-corrected chi connectivity index (χ2v) is 9.97. The number of anilines is 3. The minimum absolute atomic E-state index is 0.0761. The monoisotopic (exact) mass is 449 g/mol. The highest BCUT2D eigenvalue weighted by atomic mass is 16.3. The van der Waals surface area contributed by atoms with Gasteiger partial charge in [0.05, 0.1) is 22.5 Å². The van der Waals surface area contributed by atoms with Gasteiger partial charge in [0.2, 0.25) is 0 Å². The molecule has 1 aromatic carbocycles. The van der Waals surface area contributed by atoms with Crippen LogP contribution in [0.5, 0.6) is 0 Å². The average molecular weight is 450 g/mol. The first-order valence-electron chi connectivity index (χ1n) is 11.9. The van der Waals surface area contributed by atoms with Crippen molar-refractivity contribution in [2.75, 3.05) is 17.2 Å². The summed E-state index contributed by atoms with van der Waals surface area (Å²) in [5.41, 5.74) is 3.60. The van der Waals surface area contributed by atoms with Crippen LogP contribution in [0, 0.1) is 5.92 Å². The summed E-state index contributed by atoms with van der Waals surface area (Å²) in [6.07, 6.45) is 8.20. The van der Waals surface area contributed by atoms with E-state index >= 15 is 0 Å². The summed E-state index contributed by atoms with van der Waals surface area (Å²) in [7, 11) is 0. The predicted octanol–water partition coefficient (Wildman–Crippen LogP) is 5.14. The van der Waals surface area contributed by atoms with Gasteiger partial charge in [0.15, 0.2) is 0 Å². The molecule has 1 saturated carbocycles. The molecule has 0 bridgehead atoms. The third kappa shape index (κ3) is 5.53. The molecule has 2 aromatic rings. The van der Waals surface area contributed by atoms with Crippen LogP contribution in [0.4, 0.5) is 22.9 Å². The number of carbonyl (C=O) groups is 1. The second kappa shape index (κ2) is 9.51. The summed E-state index contributed by atoms with van der Waals surface area (Å²) >= 11 is 0.